The number of rotatable bonds is 4. The monoisotopic (exact) mass is 262 g/mol. The van der Waals surface area contributed by atoms with Crippen LogP contribution in [0.2, 0.25) is 5.02 Å². The van der Waals surface area contributed by atoms with E-state index in [1.807, 2.05) is 0 Å². The lowest BCUT2D eigenvalue weighted by atomic mass is 10.0. The fourth-order valence-electron chi connectivity index (χ4n) is 1.24. The van der Waals surface area contributed by atoms with Crippen LogP contribution in [0.15, 0.2) is 30.9 Å². The van der Waals surface area contributed by atoms with Gasteiger partial charge >= 0.3 is 0 Å². The topological polar surface area (TPSA) is 69.2 Å². The van der Waals surface area contributed by atoms with Crippen molar-refractivity contribution in [2.24, 2.45) is 5.73 Å². The lowest BCUT2D eigenvalue weighted by Crippen LogP contribution is -2.10. The van der Waals surface area contributed by atoms with Gasteiger partial charge in [-0.15, -0.1) is 19.0 Å². The summed E-state index contributed by atoms with van der Waals surface area (Å²) < 4.78 is 0. The van der Waals surface area contributed by atoms with E-state index in [2.05, 4.69) is 6.58 Å². The molecule has 0 heterocycles. The van der Waals surface area contributed by atoms with Gasteiger partial charge in [-0.25, -0.2) is 0 Å². The Bertz CT molecular complexity index is 396. The first-order valence-electron chi connectivity index (χ1n) is 4.36. The molecule has 0 saturated carbocycles. The van der Waals surface area contributed by atoms with E-state index in [0.717, 1.165) is 0 Å². The average molecular weight is 263 g/mol. The number of nitro benzene ring substituents is 1. The van der Waals surface area contributed by atoms with Crippen molar-refractivity contribution in [3.8, 4) is 0 Å². The summed E-state index contributed by atoms with van der Waals surface area (Å²) in [6, 6.07) is 3.89. The molecule has 0 spiro atoms. The van der Waals surface area contributed by atoms with Crippen LogP contribution >= 0.6 is 24.0 Å². The van der Waals surface area contributed by atoms with Crippen LogP contribution in [-0.4, -0.2) is 4.92 Å². The summed E-state index contributed by atoms with van der Waals surface area (Å²) >= 11 is 5.89. The molecule has 0 amide bonds. The molecule has 0 aromatic heterocycles. The van der Waals surface area contributed by atoms with Gasteiger partial charge in [0.05, 0.1) is 4.92 Å². The molecular weight excluding hydrogens is 251 g/mol. The third-order valence-corrected chi connectivity index (χ3v) is 2.35. The van der Waals surface area contributed by atoms with E-state index in [1.165, 1.54) is 18.2 Å². The second-order valence-electron chi connectivity index (χ2n) is 3.09. The van der Waals surface area contributed by atoms with E-state index >= 15 is 0 Å². The van der Waals surface area contributed by atoms with Crippen molar-refractivity contribution >= 4 is 29.7 Å². The van der Waals surface area contributed by atoms with Crippen LogP contribution in [0.5, 0.6) is 0 Å². The standard InChI is InChI=1S/C10H11ClN2O2.ClH/c1-2-3-10(12)8-6-7(13(14)15)4-5-9(8)11;/h2,4-6,10H,1,3,12H2;1H/t10-;/m1./s1. The number of non-ortho nitro benzene ring substituents is 1. The highest BCUT2D eigenvalue weighted by atomic mass is 35.5. The number of hydrogen-bond acceptors (Lipinski definition) is 3. The Morgan fingerprint density at radius 3 is 2.75 bits per heavy atom. The predicted octanol–water partition coefficient (Wildman–Crippen LogP) is 3.25. The van der Waals surface area contributed by atoms with Gasteiger partial charge in [0.15, 0.2) is 0 Å². The number of halogens is 2. The van der Waals surface area contributed by atoms with Crippen LogP contribution in [0.1, 0.15) is 18.0 Å². The summed E-state index contributed by atoms with van der Waals surface area (Å²) in [5, 5.41) is 11.0. The first-order chi connectivity index (χ1) is 7.06. The number of hydrogen-bond donors (Lipinski definition) is 1. The van der Waals surface area contributed by atoms with Crippen molar-refractivity contribution in [3.05, 3.63) is 51.6 Å². The third kappa shape index (κ3) is 3.48. The summed E-state index contributed by atoms with van der Waals surface area (Å²) in [5.41, 5.74) is 6.37. The molecule has 0 bridgehead atoms. The zero-order chi connectivity index (χ0) is 11.4. The van der Waals surface area contributed by atoms with Gasteiger partial charge in [0.25, 0.3) is 5.69 Å². The maximum absolute atomic E-state index is 10.5. The molecule has 0 unspecified atom stereocenters. The van der Waals surface area contributed by atoms with Crippen molar-refractivity contribution in [2.75, 3.05) is 0 Å². The van der Waals surface area contributed by atoms with Crippen LogP contribution < -0.4 is 5.73 Å². The molecule has 6 heteroatoms. The normalized spacial score (nSPS) is 11.4. The highest BCUT2D eigenvalue weighted by molar-refractivity contribution is 6.31. The summed E-state index contributed by atoms with van der Waals surface area (Å²) in [5.74, 6) is 0. The quantitative estimate of drug-likeness (QED) is 0.515. The fourth-order valence-corrected chi connectivity index (χ4v) is 1.49. The van der Waals surface area contributed by atoms with Crippen molar-refractivity contribution in [1.29, 1.82) is 0 Å². The number of nitrogens with zero attached hydrogens (tertiary/aromatic N) is 1. The number of benzene rings is 1. The molecule has 16 heavy (non-hydrogen) atoms. The Morgan fingerprint density at radius 1 is 1.62 bits per heavy atom. The largest absolute Gasteiger partial charge is 0.324 e. The van der Waals surface area contributed by atoms with Gasteiger partial charge in [-0.1, -0.05) is 17.7 Å². The minimum atomic E-state index is -0.472. The highest BCUT2D eigenvalue weighted by Crippen LogP contribution is 2.27. The minimum Gasteiger partial charge on any atom is -0.324 e. The summed E-state index contributed by atoms with van der Waals surface area (Å²) in [6.07, 6.45) is 2.18. The maximum Gasteiger partial charge on any atom is 0.269 e. The van der Waals surface area contributed by atoms with Gasteiger partial charge in [0, 0.05) is 23.2 Å². The average Bonchev–Trinajstić information content (AvgIpc) is 2.18. The molecule has 0 fully saturated rings. The van der Waals surface area contributed by atoms with E-state index in [0.29, 0.717) is 17.0 Å². The second kappa shape index (κ2) is 6.48. The van der Waals surface area contributed by atoms with Gasteiger partial charge in [0.2, 0.25) is 0 Å². The number of nitro groups is 1. The van der Waals surface area contributed by atoms with Gasteiger partial charge in [-0.05, 0) is 18.1 Å². The first-order valence-corrected chi connectivity index (χ1v) is 4.74. The smallest absolute Gasteiger partial charge is 0.269 e. The molecule has 0 aliphatic rings. The van der Waals surface area contributed by atoms with Crippen molar-refractivity contribution in [2.45, 2.75) is 12.5 Å². The molecule has 4 nitrogen and oxygen atoms in total. The van der Waals surface area contributed by atoms with Crippen LogP contribution in [0.25, 0.3) is 0 Å². The van der Waals surface area contributed by atoms with Crippen LogP contribution in [-0.2, 0) is 0 Å². The molecule has 1 rings (SSSR count). The van der Waals surface area contributed by atoms with E-state index in [-0.39, 0.29) is 24.1 Å². The van der Waals surface area contributed by atoms with E-state index in [9.17, 15) is 10.1 Å². The molecule has 0 aliphatic heterocycles. The molecular formula is C10H12Cl2N2O2. The third-order valence-electron chi connectivity index (χ3n) is 2.01. The van der Waals surface area contributed by atoms with Crippen LogP contribution in [0.3, 0.4) is 0 Å². The Kier molecular flexibility index (Phi) is 6.03. The Labute approximate surface area is 105 Å². The zero-order valence-electron chi connectivity index (χ0n) is 8.43. The SMILES string of the molecule is C=CC[C@@H](N)c1cc([N+](=O)[O-])ccc1Cl.Cl. The Hall–Kier alpha value is -1.10. The Morgan fingerprint density at radius 2 is 2.25 bits per heavy atom. The van der Waals surface area contributed by atoms with Crippen LogP contribution in [0.4, 0.5) is 5.69 Å². The fraction of sp³-hybridized carbons (Fsp3) is 0.200. The zero-order valence-corrected chi connectivity index (χ0v) is 10.0. The molecule has 0 saturated heterocycles. The molecule has 0 radical (unpaired) electrons. The number of nitrogens with two attached hydrogens (primary N) is 1. The molecule has 1 atom stereocenters. The molecule has 88 valence electrons. The predicted molar refractivity (Wildman–Crippen MR) is 67.1 cm³/mol. The maximum atomic E-state index is 10.5. The van der Waals surface area contributed by atoms with Gasteiger partial charge in [-0.2, -0.15) is 0 Å². The molecule has 0 aliphatic carbocycles. The van der Waals surface area contributed by atoms with Crippen molar-refractivity contribution in [3.63, 3.8) is 0 Å². The van der Waals surface area contributed by atoms with E-state index in [4.69, 9.17) is 17.3 Å². The van der Waals surface area contributed by atoms with E-state index < -0.39 is 4.92 Å². The Balaban J connectivity index is 0.00000225. The van der Waals surface area contributed by atoms with Gasteiger partial charge < -0.3 is 5.73 Å². The van der Waals surface area contributed by atoms with E-state index in [1.54, 1.807) is 6.08 Å². The molecule has 1 aromatic carbocycles. The van der Waals surface area contributed by atoms with Crippen LogP contribution in [0, 0.1) is 10.1 Å². The van der Waals surface area contributed by atoms with Gasteiger partial charge in [0.1, 0.15) is 0 Å². The summed E-state index contributed by atoms with van der Waals surface area (Å²) in [6.45, 7) is 3.56. The first kappa shape index (κ1) is 14.9. The van der Waals surface area contributed by atoms with Crippen molar-refractivity contribution in [1.82, 2.24) is 0 Å². The molecule has 1 aromatic rings. The highest BCUT2D eigenvalue weighted by Gasteiger charge is 2.14. The molecule has 2 N–H and O–H groups in total. The lowest BCUT2D eigenvalue weighted by Gasteiger charge is -2.10. The van der Waals surface area contributed by atoms with Gasteiger partial charge in [-0.3, -0.25) is 10.1 Å². The van der Waals surface area contributed by atoms with Crippen molar-refractivity contribution < 1.29 is 4.92 Å². The summed E-state index contributed by atoms with van der Waals surface area (Å²) in [7, 11) is 0. The lowest BCUT2D eigenvalue weighted by molar-refractivity contribution is -0.384. The summed E-state index contributed by atoms with van der Waals surface area (Å²) in [4.78, 5) is 10.1. The minimum absolute atomic E-state index is 0. The second-order valence-corrected chi connectivity index (χ2v) is 3.50.